The number of hydrogen-bond acceptors (Lipinski definition) is 6. The molecule has 0 saturated carbocycles. The highest BCUT2D eigenvalue weighted by Crippen LogP contribution is 2.34. The average molecular weight is 539 g/mol. The number of fused-ring (bicyclic) bond motifs is 3. The van der Waals surface area contributed by atoms with E-state index in [0.717, 1.165) is 85.2 Å². The fourth-order valence-corrected chi connectivity index (χ4v) is 5.95. The van der Waals surface area contributed by atoms with Gasteiger partial charge in [-0.25, -0.2) is 9.97 Å². The zero-order valence-corrected chi connectivity index (χ0v) is 21.3. The molecule has 11 heteroatoms. The molecule has 2 aliphatic heterocycles. The molecular formula is C28H29F3N6O2. The van der Waals surface area contributed by atoms with Crippen LogP contribution in [0.2, 0.25) is 0 Å². The van der Waals surface area contributed by atoms with E-state index in [1.807, 2.05) is 23.4 Å². The lowest BCUT2D eigenvalue weighted by molar-refractivity contribution is -0.137. The summed E-state index contributed by atoms with van der Waals surface area (Å²) < 4.78 is 44.7. The van der Waals surface area contributed by atoms with Gasteiger partial charge in [0.1, 0.15) is 5.75 Å². The molecule has 2 saturated heterocycles. The minimum absolute atomic E-state index is 0.0473. The highest BCUT2D eigenvalue weighted by atomic mass is 19.4. The molecule has 4 aromatic rings. The second kappa shape index (κ2) is 10.4. The van der Waals surface area contributed by atoms with Crippen LogP contribution in [0.25, 0.3) is 21.9 Å². The van der Waals surface area contributed by atoms with Crippen LogP contribution in [0, 0.1) is 5.92 Å². The summed E-state index contributed by atoms with van der Waals surface area (Å²) in [5.74, 6) is 0.441. The van der Waals surface area contributed by atoms with Crippen LogP contribution in [-0.4, -0.2) is 76.7 Å². The maximum atomic E-state index is 12.9. The molecule has 39 heavy (non-hydrogen) atoms. The predicted molar refractivity (Wildman–Crippen MR) is 141 cm³/mol. The van der Waals surface area contributed by atoms with Crippen molar-refractivity contribution in [3.63, 3.8) is 0 Å². The molecule has 204 valence electrons. The van der Waals surface area contributed by atoms with Gasteiger partial charge in [-0.3, -0.25) is 9.69 Å². The van der Waals surface area contributed by atoms with E-state index in [4.69, 9.17) is 4.74 Å². The number of rotatable bonds is 6. The quantitative estimate of drug-likeness (QED) is 0.364. The van der Waals surface area contributed by atoms with E-state index in [9.17, 15) is 18.0 Å². The Balaban J connectivity index is 1.17. The topological polar surface area (TPSA) is 77.6 Å². The van der Waals surface area contributed by atoms with Crippen molar-refractivity contribution in [3.8, 4) is 5.75 Å². The summed E-state index contributed by atoms with van der Waals surface area (Å²) in [6, 6.07) is 8.85. The molecule has 0 bridgehead atoms. The monoisotopic (exact) mass is 538 g/mol. The van der Waals surface area contributed by atoms with Crippen LogP contribution in [0.1, 0.15) is 18.4 Å². The molecule has 2 atom stereocenters. The molecule has 2 unspecified atom stereocenters. The van der Waals surface area contributed by atoms with E-state index in [2.05, 4.69) is 30.8 Å². The van der Waals surface area contributed by atoms with Crippen molar-refractivity contribution in [3.05, 3.63) is 60.6 Å². The van der Waals surface area contributed by atoms with Crippen LogP contribution < -0.4 is 9.64 Å². The maximum Gasteiger partial charge on any atom is 0.416 e. The molecular weight excluding hydrogens is 509 g/mol. The minimum Gasteiger partial charge on any atom is -0.493 e. The molecule has 1 amide bonds. The number of piperidine rings is 1. The van der Waals surface area contributed by atoms with Crippen LogP contribution >= 0.6 is 0 Å². The number of piperazine rings is 1. The van der Waals surface area contributed by atoms with Gasteiger partial charge >= 0.3 is 6.18 Å². The van der Waals surface area contributed by atoms with Gasteiger partial charge in [0, 0.05) is 67.5 Å². The van der Waals surface area contributed by atoms with E-state index in [1.165, 1.54) is 12.1 Å². The third-order valence-electron chi connectivity index (χ3n) is 7.83. The lowest BCUT2D eigenvalue weighted by atomic mass is 9.93. The standard InChI is InChI=1S/C28H29F3N6O2/c29-28(30,31)20-3-5-21(6-4-20)39-17-19-2-1-11-37(18-38)27(19)36-14-12-35(13-15-36)24-8-10-32-23-16-34-26-22(25(23)24)7-9-33-26/h3-10,16,18-19,27,32H,1-2,11-15,17H2. The fourth-order valence-electron chi connectivity index (χ4n) is 5.95. The molecule has 2 fully saturated rings. The summed E-state index contributed by atoms with van der Waals surface area (Å²) in [6.07, 6.45) is 3.66. The Morgan fingerprint density at radius 2 is 1.82 bits per heavy atom. The molecule has 1 N–H and O–H groups in total. The molecule has 1 aromatic carbocycles. The van der Waals surface area contributed by atoms with Crippen molar-refractivity contribution in [2.45, 2.75) is 25.2 Å². The van der Waals surface area contributed by atoms with Crippen LogP contribution in [0.4, 0.5) is 18.9 Å². The number of amides is 1. The second-order valence-corrected chi connectivity index (χ2v) is 10.1. The van der Waals surface area contributed by atoms with Gasteiger partial charge in [0.05, 0.1) is 30.0 Å². The number of H-pyrrole nitrogens is 1. The number of nitrogens with zero attached hydrogens (tertiary/aromatic N) is 5. The number of aromatic nitrogens is 3. The van der Waals surface area contributed by atoms with Crippen LogP contribution in [0.3, 0.4) is 0 Å². The number of benzene rings is 1. The number of pyridine rings is 2. The van der Waals surface area contributed by atoms with Gasteiger partial charge in [0.2, 0.25) is 6.41 Å². The van der Waals surface area contributed by atoms with E-state index < -0.39 is 11.7 Å². The van der Waals surface area contributed by atoms with E-state index in [1.54, 1.807) is 6.20 Å². The van der Waals surface area contributed by atoms with E-state index in [0.29, 0.717) is 18.9 Å². The normalized spacial score (nSPS) is 21.0. The van der Waals surface area contributed by atoms with E-state index >= 15 is 0 Å². The number of likely N-dealkylation sites (tertiary alicyclic amines) is 1. The van der Waals surface area contributed by atoms with Gasteiger partial charge < -0.3 is 19.5 Å². The van der Waals surface area contributed by atoms with Crippen molar-refractivity contribution >= 4 is 34.0 Å². The number of anilines is 1. The number of halogens is 3. The summed E-state index contributed by atoms with van der Waals surface area (Å²) in [7, 11) is 0. The molecule has 5 heterocycles. The largest absolute Gasteiger partial charge is 0.493 e. The highest BCUT2D eigenvalue weighted by molar-refractivity contribution is 6.09. The zero-order valence-electron chi connectivity index (χ0n) is 21.3. The number of alkyl halides is 3. The van der Waals surface area contributed by atoms with Gasteiger partial charge in [0.15, 0.2) is 5.65 Å². The van der Waals surface area contributed by atoms with Gasteiger partial charge in [-0.2, -0.15) is 13.2 Å². The first kappa shape index (κ1) is 25.4. The summed E-state index contributed by atoms with van der Waals surface area (Å²) in [5, 5.41) is 2.12. The van der Waals surface area contributed by atoms with Crippen molar-refractivity contribution in [2.24, 2.45) is 5.92 Å². The second-order valence-electron chi connectivity index (χ2n) is 10.1. The lowest BCUT2D eigenvalue weighted by Crippen LogP contribution is -2.61. The first-order valence-corrected chi connectivity index (χ1v) is 13.1. The molecule has 0 spiro atoms. The predicted octanol–water partition coefficient (Wildman–Crippen LogP) is 4.53. The Morgan fingerprint density at radius 3 is 2.56 bits per heavy atom. The Labute approximate surface area is 223 Å². The summed E-state index contributed by atoms with van der Waals surface area (Å²) in [6.45, 7) is 4.10. The zero-order chi connectivity index (χ0) is 27.0. The fraction of sp³-hybridized carbons (Fsp3) is 0.393. The first-order chi connectivity index (χ1) is 18.9. The SMILES string of the molecule is O=CN1CCCC(COc2ccc(C(F)(F)F)cc2)C1N1CCN(c2cc[nH]c3cnc4nccc4c23)CC1. The Hall–Kier alpha value is -3.86. The number of carbonyl (C=O) groups excluding carboxylic acids is 1. The maximum absolute atomic E-state index is 12.9. The van der Waals surface area contributed by atoms with E-state index in [-0.39, 0.29) is 12.1 Å². The lowest BCUT2D eigenvalue weighted by Gasteiger charge is -2.48. The van der Waals surface area contributed by atoms with Crippen molar-refractivity contribution in [2.75, 3.05) is 44.2 Å². The van der Waals surface area contributed by atoms with Gasteiger partial charge in [-0.15, -0.1) is 0 Å². The van der Waals surface area contributed by atoms with Crippen molar-refractivity contribution in [1.29, 1.82) is 0 Å². The summed E-state index contributed by atoms with van der Waals surface area (Å²) >= 11 is 0. The average Bonchev–Trinajstić information content (AvgIpc) is 3.45. The highest BCUT2D eigenvalue weighted by Gasteiger charge is 2.37. The number of hydrogen-bond donors (Lipinski definition) is 1. The number of aromatic amines is 1. The Kier molecular flexibility index (Phi) is 6.76. The number of nitrogens with one attached hydrogen (secondary N) is 1. The Bertz CT molecular complexity index is 1450. The molecule has 6 rings (SSSR count). The molecule has 0 aliphatic carbocycles. The van der Waals surface area contributed by atoms with Gasteiger partial charge in [0.25, 0.3) is 0 Å². The third-order valence-corrected chi connectivity index (χ3v) is 7.83. The van der Waals surface area contributed by atoms with Crippen LogP contribution in [0.15, 0.2) is 55.0 Å². The first-order valence-electron chi connectivity index (χ1n) is 13.1. The number of carbonyl (C=O) groups is 1. The summed E-state index contributed by atoms with van der Waals surface area (Å²) in [5.41, 5.74) is 2.10. The molecule has 2 aliphatic rings. The van der Waals surface area contributed by atoms with Gasteiger partial charge in [-0.05, 0) is 49.2 Å². The molecule has 3 aromatic heterocycles. The summed E-state index contributed by atoms with van der Waals surface area (Å²) in [4.78, 5) is 30.6. The smallest absolute Gasteiger partial charge is 0.416 e. The van der Waals surface area contributed by atoms with Crippen LogP contribution in [0.5, 0.6) is 5.75 Å². The number of ether oxygens (including phenoxy) is 1. The van der Waals surface area contributed by atoms with Gasteiger partial charge in [-0.1, -0.05) is 0 Å². The molecule has 8 nitrogen and oxygen atoms in total. The van der Waals surface area contributed by atoms with Crippen LogP contribution in [-0.2, 0) is 11.0 Å². The van der Waals surface area contributed by atoms with Crippen molar-refractivity contribution < 1.29 is 22.7 Å². The van der Waals surface area contributed by atoms with Crippen molar-refractivity contribution in [1.82, 2.24) is 24.8 Å². The Morgan fingerprint density at radius 1 is 1.03 bits per heavy atom. The molecule has 0 radical (unpaired) electrons. The minimum atomic E-state index is -4.38. The third kappa shape index (κ3) is 4.98.